The second kappa shape index (κ2) is 7.63. The van der Waals surface area contributed by atoms with Gasteiger partial charge in [-0.2, -0.15) is 5.10 Å². The van der Waals surface area contributed by atoms with E-state index in [0.29, 0.717) is 17.3 Å². The van der Waals surface area contributed by atoms with Crippen molar-refractivity contribution >= 4 is 29.0 Å². The van der Waals surface area contributed by atoms with Crippen LogP contribution in [0.3, 0.4) is 0 Å². The SMILES string of the molecule is CC(=O)N(C)c1ccc(NC(=O)Nc2cnn(CC(C)C)c2)cc1. The second-order valence-electron chi connectivity index (χ2n) is 6.05. The molecule has 3 amide bonds. The van der Waals surface area contributed by atoms with Gasteiger partial charge in [0.05, 0.1) is 11.9 Å². The fraction of sp³-hybridized carbons (Fsp3) is 0.353. The first kappa shape index (κ1) is 17.5. The molecular weight excluding hydrogens is 306 g/mol. The van der Waals surface area contributed by atoms with Crippen molar-refractivity contribution in [2.75, 3.05) is 22.6 Å². The Balaban J connectivity index is 1.92. The molecule has 1 aromatic heterocycles. The standard InChI is InChI=1S/C17H23N5O2/c1-12(2)10-22-11-15(9-18-22)20-17(24)19-14-5-7-16(8-6-14)21(4)13(3)23/h5-9,11-12H,10H2,1-4H3,(H2,19,20,24). The van der Waals surface area contributed by atoms with Crippen molar-refractivity contribution in [1.82, 2.24) is 9.78 Å². The number of anilines is 3. The highest BCUT2D eigenvalue weighted by Gasteiger charge is 2.08. The molecule has 0 saturated heterocycles. The molecule has 1 aromatic carbocycles. The fourth-order valence-corrected chi connectivity index (χ4v) is 2.15. The van der Waals surface area contributed by atoms with E-state index in [1.807, 2.05) is 0 Å². The van der Waals surface area contributed by atoms with Crippen LogP contribution in [0.4, 0.5) is 21.9 Å². The van der Waals surface area contributed by atoms with Crippen molar-refractivity contribution in [3.8, 4) is 0 Å². The molecule has 24 heavy (non-hydrogen) atoms. The van der Waals surface area contributed by atoms with E-state index in [4.69, 9.17) is 0 Å². The summed E-state index contributed by atoms with van der Waals surface area (Å²) in [5.74, 6) is 0.435. The van der Waals surface area contributed by atoms with Gasteiger partial charge in [-0.15, -0.1) is 0 Å². The van der Waals surface area contributed by atoms with Crippen molar-refractivity contribution in [2.24, 2.45) is 5.92 Å². The maximum atomic E-state index is 12.0. The maximum Gasteiger partial charge on any atom is 0.323 e. The van der Waals surface area contributed by atoms with Crippen LogP contribution in [0.1, 0.15) is 20.8 Å². The Labute approximate surface area is 141 Å². The first-order chi connectivity index (χ1) is 11.3. The lowest BCUT2D eigenvalue weighted by Crippen LogP contribution is -2.23. The van der Waals surface area contributed by atoms with Gasteiger partial charge in [0.2, 0.25) is 5.91 Å². The normalized spacial score (nSPS) is 10.5. The third-order valence-corrected chi connectivity index (χ3v) is 3.43. The monoisotopic (exact) mass is 329 g/mol. The zero-order valence-corrected chi connectivity index (χ0v) is 14.4. The zero-order chi connectivity index (χ0) is 17.7. The number of nitrogens with zero attached hydrogens (tertiary/aromatic N) is 3. The number of carbonyl (C=O) groups excluding carboxylic acids is 2. The number of amides is 3. The van der Waals surface area contributed by atoms with E-state index < -0.39 is 0 Å². The number of urea groups is 1. The molecule has 1 heterocycles. The van der Waals surface area contributed by atoms with Gasteiger partial charge in [-0.3, -0.25) is 9.48 Å². The molecule has 2 aromatic rings. The summed E-state index contributed by atoms with van der Waals surface area (Å²) in [6, 6.07) is 6.70. The Bertz CT molecular complexity index is 706. The van der Waals surface area contributed by atoms with E-state index in [9.17, 15) is 9.59 Å². The molecule has 2 N–H and O–H groups in total. The van der Waals surface area contributed by atoms with E-state index in [2.05, 4.69) is 29.6 Å². The fourth-order valence-electron chi connectivity index (χ4n) is 2.15. The molecule has 0 unspecified atom stereocenters. The smallest absolute Gasteiger partial charge is 0.316 e. The maximum absolute atomic E-state index is 12.0. The average Bonchev–Trinajstić information content (AvgIpc) is 2.93. The number of hydrogen-bond acceptors (Lipinski definition) is 3. The van der Waals surface area contributed by atoms with E-state index in [0.717, 1.165) is 12.2 Å². The predicted molar refractivity (Wildman–Crippen MR) is 95.2 cm³/mol. The Morgan fingerprint density at radius 1 is 1.17 bits per heavy atom. The number of carbonyl (C=O) groups is 2. The second-order valence-corrected chi connectivity index (χ2v) is 6.05. The molecule has 7 nitrogen and oxygen atoms in total. The van der Waals surface area contributed by atoms with Crippen LogP contribution in [-0.4, -0.2) is 28.8 Å². The minimum absolute atomic E-state index is 0.0492. The van der Waals surface area contributed by atoms with Crippen molar-refractivity contribution in [3.05, 3.63) is 36.7 Å². The predicted octanol–water partition coefficient (Wildman–Crippen LogP) is 3.17. The molecule has 0 aliphatic carbocycles. The Morgan fingerprint density at radius 3 is 2.38 bits per heavy atom. The van der Waals surface area contributed by atoms with Gasteiger partial charge in [0.1, 0.15) is 0 Å². The van der Waals surface area contributed by atoms with Crippen LogP contribution in [0.2, 0.25) is 0 Å². The Morgan fingerprint density at radius 2 is 1.79 bits per heavy atom. The lowest BCUT2D eigenvalue weighted by Gasteiger charge is -2.15. The van der Waals surface area contributed by atoms with Crippen molar-refractivity contribution in [1.29, 1.82) is 0 Å². The van der Waals surface area contributed by atoms with Gasteiger partial charge in [0, 0.05) is 38.1 Å². The van der Waals surface area contributed by atoms with Crippen LogP contribution in [0.25, 0.3) is 0 Å². The molecule has 0 fully saturated rings. The minimum Gasteiger partial charge on any atom is -0.316 e. The van der Waals surface area contributed by atoms with Gasteiger partial charge in [-0.05, 0) is 30.2 Å². The van der Waals surface area contributed by atoms with Gasteiger partial charge in [0.25, 0.3) is 0 Å². The highest BCUT2D eigenvalue weighted by atomic mass is 16.2. The van der Waals surface area contributed by atoms with Gasteiger partial charge in [-0.25, -0.2) is 4.79 Å². The van der Waals surface area contributed by atoms with E-state index >= 15 is 0 Å². The Hall–Kier alpha value is -2.83. The first-order valence-electron chi connectivity index (χ1n) is 7.80. The molecule has 0 atom stereocenters. The molecular formula is C17H23N5O2. The highest BCUT2D eigenvalue weighted by Crippen LogP contribution is 2.17. The van der Waals surface area contributed by atoms with Crippen molar-refractivity contribution < 1.29 is 9.59 Å². The van der Waals surface area contributed by atoms with Gasteiger partial charge in [-0.1, -0.05) is 13.8 Å². The van der Waals surface area contributed by atoms with Crippen molar-refractivity contribution in [3.63, 3.8) is 0 Å². The van der Waals surface area contributed by atoms with Crippen LogP contribution in [0, 0.1) is 5.92 Å². The molecule has 0 saturated carbocycles. The molecule has 0 aliphatic rings. The summed E-state index contributed by atoms with van der Waals surface area (Å²) in [6.07, 6.45) is 3.41. The summed E-state index contributed by atoms with van der Waals surface area (Å²) in [5, 5.41) is 9.69. The first-order valence-corrected chi connectivity index (χ1v) is 7.80. The zero-order valence-electron chi connectivity index (χ0n) is 14.4. The Kier molecular flexibility index (Phi) is 5.57. The summed E-state index contributed by atoms with van der Waals surface area (Å²) in [6.45, 7) is 6.51. The van der Waals surface area contributed by atoms with Gasteiger partial charge in [0.15, 0.2) is 0 Å². The molecule has 0 bridgehead atoms. The van der Waals surface area contributed by atoms with E-state index in [-0.39, 0.29) is 11.9 Å². The van der Waals surface area contributed by atoms with Gasteiger partial charge < -0.3 is 15.5 Å². The number of hydrogen-bond donors (Lipinski definition) is 2. The van der Waals surface area contributed by atoms with E-state index in [1.54, 1.807) is 48.4 Å². The average molecular weight is 329 g/mol. The lowest BCUT2D eigenvalue weighted by molar-refractivity contribution is -0.116. The third kappa shape index (κ3) is 4.84. The molecule has 128 valence electrons. The summed E-state index contributed by atoms with van der Waals surface area (Å²) >= 11 is 0. The van der Waals surface area contributed by atoms with Crippen LogP contribution in [0.15, 0.2) is 36.7 Å². The summed E-state index contributed by atoms with van der Waals surface area (Å²) < 4.78 is 1.80. The minimum atomic E-state index is -0.341. The number of benzene rings is 1. The van der Waals surface area contributed by atoms with Crippen molar-refractivity contribution in [2.45, 2.75) is 27.3 Å². The number of rotatable bonds is 5. The topological polar surface area (TPSA) is 79.3 Å². The largest absolute Gasteiger partial charge is 0.323 e. The quantitative estimate of drug-likeness (QED) is 0.884. The van der Waals surface area contributed by atoms with Crippen LogP contribution in [0.5, 0.6) is 0 Å². The van der Waals surface area contributed by atoms with Gasteiger partial charge >= 0.3 is 6.03 Å². The number of nitrogens with one attached hydrogen (secondary N) is 2. The van der Waals surface area contributed by atoms with E-state index in [1.165, 1.54) is 11.8 Å². The summed E-state index contributed by atoms with van der Waals surface area (Å²) in [5.41, 5.74) is 2.05. The lowest BCUT2D eigenvalue weighted by atomic mass is 10.2. The highest BCUT2D eigenvalue weighted by molar-refractivity contribution is 5.99. The van der Waals surface area contributed by atoms with Crippen LogP contribution in [-0.2, 0) is 11.3 Å². The molecule has 2 rings (SSSR count). The molecule has 0 radical (unpaired) electrons. The summed E-state index contributed by atoms with van der Waals surface area (Å²) in [4.78, 5) is 24.9. The molecule has 0 spiro atoms. The molecule has 7 heteroatoms. The van der Waals surface area contributed by atoms with Crippen LogP contribution >= 0.6 is 0 Å². The molecule has 0 aliphatic heterocycles. The van der Waals surface area contributed by atoms with Crippen LogP contribution < -0.4 is 15.5 Å². The summed E-state index contributed by atoms with van der Waals surface area (Å²) in [7, 11) is 1.70. The number of aromatic nitrogens is 2. The third-order valence-electron chi connectivity index (χ3n) is 3.43.